The Labute approximate surface area is 168 Å². The van der Waals surface area contributed by atoms with Gasteiger partial charge in [0.1, 0.15) is 5.75 Å². The van der Waals surface area contributed by atoms with Gasteiger partial charge in [0.2, 0.25) is 0 Å². The summed E-state index contributed by atoms with van der Waals surface area (Å²) in [5.74, 6) is 1.92. The van der Waals surface area contributed by atoms with Crippen LogP contribution in [0.15, 0.2) is 41.8 Å². The molecule has 1 fully saturated rings. The third-order valence-electron chi connectivity index (χ3n) is 4.59. The van der Waals surface area contributed by atoms with Crippen LogP contribution in [0.4, 0.5) is 0 Å². The van der Waals surface area contributed by atoms with E-state index in [1.54, 1.807) is 11.3 Å². The molecule has 0 N–H and O–H groups in total. The number of rotatable bonds is 8. The molecule has 0 spiro atoms. The summed E-state index contributed by atoms with van der Waals surface area (Å²) in [6.07, 6.45) is 2.39. The number of thiophene rings is 1. The van der Waals surface area contributed by atoms with Crippen LogP contribution in [0.2, 0.25) is 0 Å². The zero-order chi connectivity index (χ0) is 18.8. The topological polar surface area (TPSA) is 35.2 Å². The minimum Gasteiger partial charge on any atom is -0.494 e. The van der Waals surface area contributed by atoms with Crippen LogP contribution in [-0.4, -0.2) is 32.9 Å². The summed E-state index contributed by atoms with van der Waals surface area (Å²) in [7, 11) is 2.10. The molecule has 0 bridgehead atoms. The maximum Gasteiger partial charge on any atom is 0.199 e. The van der Waals surface area contributed by atoms with E-state index in [1.165, 1.54) is 23.3 Å². The van der Waals surface area contributed by atoms with E-state index in [9.17, 15) is 0 Å². The van der Waals surface area contributed by atoms with Crippen molar-refractivity contribution in [1.29, 1.82) is 0 Å². The van der Waals surface area contributed by atoms with Crippen LogP contribution < -0.4 is 4.74 Å². The van der Waals surface area contributed by atoms with Crippen LogP contribution in [0, 0.1) is 4.77 Å². The van der Waals surface area contributed by atoms with Crippen molar-refractivity contribution in [2.45, 2.75) is 39.0 Å². The highest BCUT2D eigenvalue weighted by molar-refractivity contribution is 7.71. The Hall–Kier alpha value is -1.96. The lowest BCUT2D eigenvalue weighted by molar-refractivity contribution is 0.243. The first-order valence-electron chi connectivity index (χ1n) is 9.29. The molecule has 1 aliphatic carbocycles. The molecule has 5 nitrogen and oxygen atoms in total. The molecule has 1 aliphatic rings. The van der Waals surface area contributed by atoms with E-state index >= 15 is 0 Å². The summed E-state index contributed by atoms with van der Waals surface area (Å²) in [6, 6.07) is 13.0. The number of hydrogen-bond acceptors (Lipinski definition) is 5. The Kier molecular flexibility index (Phi) is 5.43. The van der Waals surface area contributed by atoms with Gasteiger partial charge in [-0.15, -0.1) is 16.4 Å². The van der Waals surface area contributed by atoms with Crippen LogP contribution in [-0.2, 0) is 13.2 Å². The summed E-state index contributed by atoms with van der Waals surface area (Å²) in [5.41, 5.74) is 1.24. The molecule has 0 radical (unpaired) electrons. The van der Waals surface area contributed by atoms with E-state index in [1.807, 2.05) is 23.7 Å². The fraction of sp³-hybridized carbons (Fsp3) is 0.400. The molecule has 142 valence electrons. The second-order valence-corrected chi connectivity index (χ2v) is 8.23. The lowest BCUT2D eigenvalue weighted by Crippen LogP contribution is -2.22. The number of ether oxygens (including phenoxy) is 1. The summed E-state index contributed by atoms with van der Waals surface area (Å²) in [4.78, 5) is 3.41. The Morgan fingerprint density at radius 3 is 2.67 bits per heavy atom. The van der Waals surface area contributed by atoms with Crippen LogP contribution in [0.1, 0.15) is 31.4 Å². The van der Waals surface area contributed by atoms with Gasteiger partial charge in [-0.1, -0.05) is 18.2 Å². The lowest BCUT2D eigenvalue weighted by atomic mass is 10.2. The molecule has 1 saturated carbocycles. The second kappa shape index (κ2) is 7.96. The molecule has 3 aromatic rings. The van der Waals surface area contributed by atoms with Gasteiger partial charge in [-0.25, -0.2) is 4.68 Å². The number of benzene rings is 1. The fourth-order valence-electron chi connectivity index (χ4n) is 3.20. The first-order chi connectivity index (χ1) is 13.2. The van der Waals surface area contributed by atoms with Gasteiger partial charge in [-0.3, -0.25) is 9.47 Å². The van der Waals surface area contributed by atoms with Crippen LogP contribution in [0.3, 0.4) is 0 Å². The Balaban J connectivity index is 1.50. The molecular formula is C20H24N4OS2. The molecule has 2 aromatic heterocycles. The average Bonchev–Trinajstić information content (AvgIpc) is 3.23. The third kappa shape index (κ3) is 4.15. The summed E-state index contributed by atoms with van der Waals surface area (Å²) < 4.78 is 10.5. The first kappa shape index (κ1) is 18.4. The Morgan fingerprint density at radius 2 is 2.04 bits per heavy atom. The monoisotopic (exact) mass is 400 g/mol. The molecule has 0 aliphatic heterocycles. The quantitative estimate of drug-likeness (QED) is 0.500. The van der Waals surface area contributed by atoms with Crippen molar-refractivity contribution in [2.24, 2.45) is 0 Å². The zero-order valence-corrected chi connectivity index (χ0v) is 17.3. The lowest BCUT2D eigenvalue weighted by Gasteiger charge is -2.16. The smallest absolute Gasteiger partial charge is 0.199 e. The highest BCUT2D eigenvalue weighted by Gasteiger charge is 2.29. The minimum atomic E-state index is 0.514. The largest absolute Gasteiger partial charge is 0.494 e. The average molecular weight is 401 g/mol. The number of aromatic nitrogens is 3. The summed E-state index contributed by atoms with van der Waals surface area (Å²) >= 11 is 7.47. The van der Waals surface area contributed by atoms with E-state index in [4.69, 9.17) is 22.1 Å². The van der Waals surface area contributed by atoms with Gasteiger partial charge in [0, 0.05) is 12.6 Å². The molecular weight excluding hydrogens is 376 g/mol. The maximum atomic E-state index is 5.76. The molecule has 27 heavy (non-hydrogen) atoms. The highest BCUT2D eigenvalue weighted by atomic mass is 32.1. The Bertz CT molecular complexity index is 940. The van der Waals surface area contributed by atoms with Crippen molar-refractivity contribution >= 4 is 23.6 Å². The number of hydrogen-bond donors (Lipinski definition) is 0. The van der Waals surface area contributed by atoms with Gasteiger partial charge < -0.3 is 4.74 Å². The molecule has 1 aromatic carbocycles. The van der Waals surface area contributed by atoms with Crippen molar-refractivity contribution in [3.8, 4) is 16.5 Å². The predicted molar refractivity (Wildman–Crippen MR) is 112 cm³/mol. The minimum absolute atomic E-state index is 0.514. The van der Waals surface area contributed by atoms with Gasteiger partial charge >= 0.3 is 0 Å². The predicted octanol–water partition coefficient (Wildman–Crippen LogP) is 4.97. The summed E-state index contributed by atoms with van der Waals surface area (Å²) in [5, 5.41) is 6.95. The van der Waals surface area contributed by atoms with Gasteiger partial charge in [0.05, 0.1) is 18.2 Å². The Morgan fingerprint density at radius 1 is 1.26 bits per heavy atom. The van der Waals surface area contributed by atoms with E-state index in [2.05, 4.69) is 46.2 Å². The molecule has 0 unspecified atom stereocenters. The highest BCUT2D eigenvalue weighted by Crippen LogP contribution is 2.39. The van der Waals surface area contributed by atoms with E-state index < -0.39 is 0 Å². The third-order valence-corrected chi connectivity index (χ3v) is 5.86. The second-order valence-electron chi connectivity index (χ2n) is 6.92. The van der Waals surface area contributed by atoms with Gasteiger partial charge in [0.25, 0.3) is 0 Å². The molecule has 0 amide bonds. The van der Waals surface area contributed by atoms with Crippen molar-refractivity contribution in [3.05, 3.63) is 52.1 Å². The molecule has 7 heteroatoms. The maximum absolute atomic E-state index is 5.76. The van der Waals surface area contributed by atoms with E-state index in [0.29, 0.717) is 19.3 Å². The normalized spacial score (nSPS) is 14.0. The zero-order valence-electron chi connectivity index (χ0n) is 15.7. The first-order valence-corrected chi connectivity index (χ1v) is 10.6. The van der Waals surface area contributed by atoms with Gasteiger partial charge in [-0.05, 0) is 68.2 Å². The van der Waals surface area contributed by atoms with E-state index in [0.717, 1.165) is 22.9 Å². The standard InChI is InChI=1S/C20H24N4OS2/c1-3-25-17-10-6-15(7-11-17)13-22(2)14-23-20(26)24(16-8-9-16)19(21-23)18-5-4-12-27-18/h4-7,10-12,16H,3,8-9,13-14H2,1-2H3. The van der Waals surface area contributed by atoms with Gasteiger partial charge in [-0.2, -0.15) is 0 Å². The van der Waals surface area contributed by atoms with Crippen molar-refractivity contribution < 1.29 is 4.74 Å². The van der Waals surface area contributed by atoms with Gasteiger partial charge in [0.15, 0.2) is 10.6 Å². The molecule has 2 heterocycles. The SMILES string of the molecule is CCOc1ccc(CN(C)Cn2nc(-c3cccs3)n(C3CC3)c2=S)cc1. The fourth-order valence-corrected chi connectivity index (χ4v) is 4.24. The summed E-state index contributed by atoms with van der Waals surface area (Å²) in [6.45, 7) is 4.19. The molecule has 4 rings (SSSR count). The van der Waals surface area contributed by atoms with Crippen LogP contribution >= 0.6 is 23.6 Å². The van der Waals surface area contributed by atoms with Crippen molar-refractivity contribution in [1.82, 2.24) is 19.2 Å². The molecule has 0 saturated heterocycles. The van der Waals surface area contributed by atoms with Crippen molar-refractivity contribution in [2.75, 3.05) is 13.7 Å². The van der Waals surface area contributed by atoms with Crippen LogP contribution in [0.5, 0.6) is 5.75 Å². The van der Waals surface area contributed by atoms with Crippen molar-refractivity contribution in [3.63, 3.8) is 0 Å². The van der Waals surface area contributed by atoms with Crippen LogP contribution in [0.25, 0.3) is 10.7 Å². The molecule has 0 atom stereocenters. The number of nitrogens with zero attached hydrogens (tertiary/aromatic N) is 4. The van der Waals surface area contributed by atoms with E-state index in [-0.39, 0.29) is 0 Å².